The Hall–Kier alpha value is -1.89. The molecule has 0 fully saturated rings. The summed E-state index contributed by atoms with van der Waals surface area (Å²) in [4.78, 5) is 11.1. The standard InChI is InChI=1S/C20H24N4.HI/c1-21-20(23-14-10-19-9-5-6-13-22-19)24-15-11-18(12-16-24)17-7-3-2-4-8-17;/h2-9,11,13H,10,12,14-16H2,1H3,(H,21,23);1H. The van der Waals surface area contributed by atoms with E-state index in [2.05, 4.69) is 62.7 Å². The Morgan fingerprint density at radius 3 is 2.60 bits per heavy atom. The van der Waals surface area contributed by atoms with Gasteiger partial charge in [-0.05, 0) is 29.7 Å². The number of benzene rings is 1. The number of aliphatic imine (C=N–C) groups is 1. The highest BCUT2D eigenvalue weighted by molar-refractivity contribution is 14.0. The molecule has 0 saturated heterocycles. The number of hydrogen-bond acceptors (Lipinski definition) is 2. The fourth-order valence-corrected chi connectivity index (χ4v) is 2.96. The minimum absolute atomic E-state index is 0. The van der Waals surface area contributed by atoms with Crippen molar-refractivity contribution >= 4 is 35.5 Å². The molecule has 1 N–H and O–H groups in total. The lowest BCUT2D eigenvalue weighted by Crippen LogP contribution is -2.44. The van der Waals surface area contributed by atoms with Gasteiger partial charge in [-0.2, -0.15) is 0 Å². The minimum atomic E-state index is 0. The Bertz CT molecular complexity index is 698. The average molecular weight is 448 g/mol. The van der Waals surface area contributed by atoms with Crippen molar-refractivity contribution in [3.05, 3.63) is 72.1 Å². The lowest BCUT2D eigenvalue weighted by molar-refractivity contribution is 0.440. The van der Waals surface area contributed by atoms with Crippen molar-refractivity contribution in [3.63, 3.8) is 0 Å². The molecule has 0 saturated carbocycles. The van der Waals surface area contributed by atoms with E-state index in [0.29, 0.717) is 0 Å². The van der Waals surface area contributed by atoms with Gasteiger partial charge in [0.15, 0.2) is 5.96 Å². The Morgan fingerprint density at radius 1 is 1.16 bits per heavy atom. The Morgan fingerprint density at radius 2 is 1.96 bits per heavy atom. The predicted octanol–water partition coefficient (Wildman–Crippen LogP) is 3.61. The van der Waals surface area contributed by atoms with Crippen LogP contribution >= 0.6 is 24.0 Å². The zero-order chi connectivity index (χ0) is 16.6. The lowest BCUT2D eigenvalue weighted by atomic mass is 10.00. The normalized spacial score (nSPS) is 14.5. The van der Waals surface area contributed by atoms with Crippen LogP contribution in [0.15, 0.2) is 65.8 Å². The summed E-state index contributed by atoms with van der Waals surface area (Å²) in [7, 11) is 1.85. The third-order valence-electron chi connectivity index (χ3n) is 4.26. The number of rotatable bonds is 4. The smallest absolute Gasteiger partial charge is 0.193 e. The first-order valence-electron chi connectivity index (χ1n) is 8.47. The van der Waals surface area contributed by atoms with Crippen molar-refractivity contribution in [2.75, 3.05) is 26.7 Å². The van der Waals surface area contributed by atoms with E-state index in [9.17, 15) is 0 Å². The van der Waals surface area contributed by atoms with Crippen molar-refractivity contribution < 1.29 is 0 Å². The van der Waals surface area contributed by atoms with Gasteiger partial charge in [-0.15, -0.1) is 24.0 Å². The summed E-state index contributed by atoms with van der Waals surface area (Å²) in [5.41, 5.74) is 3.86. The van der Waals surface area contributed by atoms with Gasteiger partial charge in [0.25, 0.3) is 0 Å². The highest BCUT2D eigenvalue weighted by atomic mass is 127. The molecule has 4 nitrogen and oxygen atoms in total. The van der Waals surface area contributed by atoms with Crippen LogP contribution in [-0.2, 0) is 6.42 Å². The van der Waals surface area contributed by atoms with E-state index in [-0.39, 0.29) is 24.0 Å². The van der Waals surface area contributed by atoms with E-state index in [1.165, 1.54) is 11.1 Å². The average Bonchev–Trinajstić information content (AvgIpc) is 2.67. The van der Waals surface area contributed by atoms with Crippen molar-refractivity contribution in [1.82, 2.24) is 15.2 Å². The van der Waals surface area contributed by atoms with Crippen LogP contribution in [0.1, 0.15) is 17.7 Å². The highest BCUT2D eigenvalue weighted by Crippen LogP contribution is 2.21. The molecule has 2 heterocycles. The van der Waals surface area contributed by atoms with Crippen LogP contribution in [0.25, 0.3) is 5.57 Å². The number of hydrogen-bond donors (Lipinski definition) is 1. The third kappa shape index (κ3) is 5.56. The molecular weight excluding hydrogens is 423 g/mol. The highest BCUT2D eigenvalue weighted by Gasteiger charge is 2.15. The van der Waals surface area contributed by atoms with E-state index in [1.54, 1.807) is 0 Å². The van der Waals surface area contributed by atoms with E-state index >= 15 is 0 Å². The van der Waals surface area contributed by atoms with Gasteiger partial charge in [-0.1, -0.05) is 42.5 Å². The van der Waals surface area contributed by atoms with Crippen LogP contribution in [0.3, 0.4) is 0 Å². The maximum atomic E-state index is 4.42. The molecule has 5 heteroatoms. The molecule has 0 aliphatic carbocycles. The van der Waals surface area contributed by atoms with Crippen molar-refractivity contribution in [1.29, 1.82) is 0 Å². The molecule has 2 aromatic rings. The molecular formula is C20H25IN4. The van der Waals surface area contributed by atoms with Crippen LogP contribution in [0, 0.1) is 0 Å². The van der Waals surface area contributed by atoms with Crippen LogP contribution in [0.2, 0.25) is 0 Å². The summed E-state index contributed by atoms with van der Waals surface area (Å²) in [5.74, 6) is 0.967. The monoisotopic (exact) mass is 448 g/mol. The topological polar surface area (TPSA) is 40.5 Å². The van der Waals surface area contributed by atoms with Crippen molar-refractivity contribution in [3.8, 4) is 0 Å². The SMILES string of the molecule is CN=C(NCCc1ccccn1)N1CC=C(c2ccccc2)CC1.I. The number of nitrogens with zero attached hydrogens (tertiary/aromatic N) is 3. The van der Waals surface area contributed by atoms with E-state index < -0.39 is 0 Å². The molecule has 0 bridgehead atoms. The van der Waals surface area contributed by atoms with Crippen molar-refractivity contribution in [2.45, 2.75) is 12.8 Å². The van der Waals surface area contributed by atoms with Gasteiger partial charge < -0.3 is 10.2 Å². The van der Waals surface area contributed by atoms with Crippen LogP contribution in [-0.4, -0.2) is 42.5 Å². The van der Waals surface area contributed by atoms with Crippen LogP contribution < -0.4 is 5.32 Å². The molecule has 1 aliphatic heterocycles. The summed E-state index contributed by atoms with van der Waals surface area (Å²) in [6, 6.07) is 16.6. The summed E-state index contributed by atoms with van der Waals surface area (Å²) in [5, 5.41) is 3.45. The maximum absolute atomic E-state index is 4.42. The fourth-order valence-electron chi connectivity index (χ4n) is 2.96. The molecule has 1 aromatic carbocycles. The Labute approximate surface area is 167 Å². The molecule has 1 aromatic heterocycles. The predicted molar refractivity (Wildman–Crippen MR) is 115 cm³/mol. The first-order valence-corrected chi connectivity index (χ1v) is 8.47. The third-order valence-corrected chi connectivity index (χ3v) is 4.26. The van der Waals surface area contributed by atoms with Gasteiger partial charge in [-0.3, -0.25) is 9.98 Å². The van der Waals surface area contributed by atoms with Gasteiger partial charge in [0, 0.05) is 45.0 Å². The molecule has 0 spiro atoms. The summed E-state index contributed by atoms with van der Waals surface area (Å²) < 4.78 is 0. The molecule has 0 atom stereocenters. The number of guanidine groups is 1. The van der Waals surface area contributed by atoms with Gasteiger partial charge >= 0.3 is 0 Å². The zero-order valence-electron chi connectivity index (χ0n) is 14.6. The first kappa shape index (κ1) is 19.4. The fraction of sp³-hybridized carbons (Fsp3) is 0.300. The van der Waals surface area contributed by atoms with E-state index in [0.717, 1.165) is 44.1 Å². The summed E-state index contributed by atoms with van der Waals surface area (Å²) >= 11 is 0. The summed E-state index contributed by atoms with van der Waals surface area (Å²) in [6.45, 7) is 2.73. The lowest BCUT2D eigenvalue weighted by Gasteiger charge is -2.29. The van der Waals surface area contributed by atoms with Gasteiger partial charge in [0.05, 0.1) is 0 Å². The number of aromatic nitrogens is 1. The number of pyridine rings is 1. The molecule has 0 radical (unpaired) electrons. The number of nitrogens with one attached hydrogen (secondary N) is 1. The zero-order valence-corrected chi connectivity index (χ0v) is 16.9. The first-order chi connectivity index (χ1) is 11.9. The van der Waals surface area contributed by atoms with Gasteiger partial charge in [0.2, 0.25) is 0 Å². The maximum Gasteiger partial charge on any atom is 0.193 e. The largest absolute Gasteiger partial charge is 0.356 e. The van der Waals surface area contributed by atoms with Gasteiger partial charge in [0.1, 0.15) is 0 Å². The second kappa shape index (κ2) is 10.2. The molecule has 25 heavy (non-hydrogen) atoms. The Balaban J connectivity index is 0.00000225. The number of halogens is 1. The van der Waals surface area contributed by atoms with E-state index in [4.69, 9.17) is 0 Å². The molecule has 132 valence electrons. The molecule has 3 rings (SSSR count). The van der Waals surface area contributed by atoms with Gasteiger partial charge in [-0.25, -0.2) is 0 Å². The van der Waals surface area contributed by atoms with Crippen LogP contribution in [0.4, 0.5) is 0 Å². The van der Waals surface area contributed by atoms with Crippen LogP contribution in [0.5, 0.6) is 0 Å². The van der Waals surface area contributed by atoms with Crippen molar-refractivity contribution in [2.24, 2.45) is 4.99 Å². The molecule has 0 unspecified atom stereocenters. The minimum Gasteiger partial charge on any atom is -0.356 e. The second-order valence-corrected chi connectivity index (χ2v) is 5.84. The second-order valence-electron chi connectivity index (χ2n) is 5.84. The Kier molecular flexibility index (Phi) is 7.91. The summed E-state index contributed by atoms with van der Waals surface area (Å²) in [6.07, 6.45) is 6.10. The van der Waals surface area contributed by atoms with E-state index in [1.807, 2.05) is 25.4 Å². The molecule has 0 amide bonds. The quantitative estimate of drug-likeness (QED) is 0.442. The molecule has 1 aliphatic rings.